The van der Waals surface area contributed by atoms with Crippen molar-refractivity contribution in [3.8, 4) is 0 Å². The van der Waals surface area contributed by atoms with Crippen LogP contribution in [0.25, 0.3) is 0 Å². The maximum absolute atomic E-state index is 10.9. The van der Waals surface area contributed by atoms with Crippen molar-refractivity contribution in [3.63, 3.8) is 0 Å². The molecule has 14 heavy (non-hydrogen) atoms. The first kappa shape index (κ1) is 8.61. The molecule has 2 aromatic heterocycles. The Kier molecular flexibility index (Phi) is 2.10. The summed E-state index contributed by atoms with van der Waals surface area (Å²) in [5.41, 5.74) is 0.886. The highest BCUT2D eigenvalue weighted by molar-refractivity contribution is 5.09. The molecule has 0 aromatic carbocycles. The number of nitrogens with zero attached hydrogens (tertiary/aromatic N) is 4. The van der Waals surface area contributed by atoms with E-state index in [-0.39, 0.29) is 0 Å². The first-order valence-electron chi connectivity index (χ1n) is 4.03. The van der Waals surface area contributed by atoms with Crippen molar-refractivity contribution >= 4 is 0 Å². The van der Waals surface area contributed by atoms with Gasteiger partial charge in [0.2, 0.25) is 0 Å². The molecular formula is C8H8N4O2. The molecule has 6 heteroatoms. The van der Waals surface area contributed by atoms with E-state index in [1.165, 1.54) is 10.9 Å². The average molecular weight is 192 g/mol. The van der Waals surface area contributed by atoms with Crippen molar-refractivity contribution in [1.82, 2.24) is 19.7 Å². The summed E-state index contributed by atoms with van der Waals surface area (Å²) in [7, 11) is 1.61. The lowest BCUT2D eigenvalue weighted by atomic mass is 10.2. The SMILES string of the molecule is Cn1c(Cc2cncnc2)noc1=O. The fourth-order valence-corrected chi connectivity index (χ4v) is 1.07. The molecule has 0 atom stereocenters. The quantitative estimate of drug-likeness (QED) is 0.656. The standard InChI is InChI=1S/C8H8N4O2/c1-12-7(11-14-8(12)13)2-6-3-9-5-10-4-6/h3-5H,2H2,1H3. The molecule has 0 aliphatic rings. The van der Waals surface area contributed by atoms with Gasteiger partial charge < -0.3 is 0 Å². The molecule has 0 aliphatic carbocycles. The molecule has 72 valence electrons. The highest BCUT2D eigenvalue weighted by Gasteiger charge is 2.06. The molecule has 0 radical (unpaired) electrons. The fraction of sp³-hybridized carbons (Fsp3) is 0.250. The second-order valence-electron chi connectivity index (χ2n) is 2.85. The predicted octanol–water partition coefficient (Wildman–Crippen LogP) is -0.246. The number of hydrogen-bond donors (Lipinski definition) is 0. The van der Waals surface area contributed by atoms with Gasteiger partial charge in [-0.15, -0.1) is 0 Å². The molecule has 2 rings (SSSR count). The van der Waals surface area contributed by atoms with Gasteiger partial charge in [-0.1, -0.05) is 5.16 Å². The first-order chi connectivity index (χ1) is 6.77. The van der Waals surface area contributed by atoms with Crippen molar-refractivity contribution < 1.29 is 4.52 Å². The zero-order valence-electron chi connectivity index (χ0n) is 7.54. The van der Waals surface area contributed by atoms with Crippen LogP contribution in [0.2, 0.25) is 0 Å². The van der Waals surface area contributed by atoms with Crippen LogP contribution in [0.1, 0.15) is 11.4 Å². The minimum atomic E-state index is -0.461. The lowest BCUT2D eigenvalue weighted by molar-refractivity contribution is 0.376. The molecule has 6 nitrogen and oxygen atoms in total. The normalized spacial score (nSPS) is 10.4. The van der Waals surface area contributed by atoms with Crippen LogP contribution in [0.15, 0.2) is 28.0 Å². The Bertz CT molecular complexity index is 474. The summed E-state index contributed by atoms with van der Waals surface area (Å²) < 4.78 is 5.84. The third-order valence-corrected chi connectivity index (χ3v) is 1.87. The van der Waals surface area contributed by atoms with Gasteiger partial charge in [0.05, 0.1) is 0 Å². The second-order valence-corrected chi connectivity index (χ2v) is 2.85. The summed E-state index contributed by atoms with van der Waals surface area (Å²) in [5.74, 6) is 0.0987. The van der Waals surface area contributed by atoms with Crippen molar-refractivity contribution in [3.05, 3.63) is 40.7 Å². The fourth-order valence-electron chi connectivity index (χ4n) is 1.07. The Morgan fingerprint density at radius 3 is 2.71 bits per heavy atom. The van der Waals surface area contributed by atoms with E-state index in [4.69, 9.17) is 0 Å². The average Bonchev–Trinajstić information content (AvgIpc) is 2.52. The molecule has 0 N–H and O–H groups in total. The monoisotopic (exact) mass is 192 g/mol. The van der Waals surface area contributed by atoms with Gasteiger partial charge in [0.1, 0.15) is 6.33 Å². The van der Waals surface area contributed by atoms with Crippen LogP contribution in [0.5, 0.6) is 0 Å². The molecule has 0 bridgehead atoms. The maximum Gasteiger partial charge on any atom is 0.441 e. The molecule has 2 heterocycles. The number of aromatic nitrogens is 4. The lowest BCUT2D eigenvalue weighted by Crippen LogP contribution is -2.12. The van der Waals surface area contributed by atoms with E-state index in [2.05, 4.69) is 19.6 Å². The summed E-state index contributed by atoms with van der Waals surface area (Å²) in [6.45, 7) is 0. The second kappa shape index (κ2) is 3.41. The molecule has 0 saturated heterocycles. The van der Waals surface area contributed by atoms with Gasteiger partial charge in [0, 0.05) is 25.9 Å². The molecule has 0 unspecified atom stereocenters. The third kappa shape index (κ3) is 1.54. The molecule has 0 saturated carbocycles. The number of hydrogen-bond acceptors (Lipinski definition) is 5. The Labute approximate surface area is 79.2 Å². The van der Waals surface area contributed by atoms with Crippen LogP contribution in [0.3, 0.4) is 0 Å². The molecule has 0 fully saturated rings. The minimum Gasteiger partial charge on any atom is -0.296 e. The van der Waals surface area contributed by atoms with Gasteiger partial charge in [0.25, 0.3) is 0 Å². The van der Waals surface area contributed by atoms with Crippen LogP contribution in [0.4, 0.5) is 0 Å². The van der Waals surface area contributed by atoms with Crippen molar-refractivity contribution in [1.29, 1.82) is 0 Å². The van der Waals surface area contributed by atoms with Gasteiger partial charge in [-0.3, -0.25) is 9.09 Å². The van der Waals surface area contributed by atoms with Gasteiger partial charge in [-0.25, -0.2) is 14.8 Å². The molecule has 0 spiro atoms. The van der Waals surface area contributed by atoms with E-state index >= 15 is 0 Å². The van der Waals surface area contributed by atoms with E-state index in [9.17, 15) is 4.79 Å². The summed E-state index contributed by atoms with van der Waals surface area (Å²) >= 11 is 0. The van der Waals surface area contributed by atoms with Crippen LogP contribution in [-0.4, -0.2) is 19.7 Å². The highest BCUT2D eigenvalue weighted by atomic mass is 16.5. The van der Waals surface area contributed by atoms with E-state index in [1.807, 2.05) is 0 Å². The topological polar surface area (TPSA) is 73.8 Å². The van der Waals surface area contributed by atoms with E-state index in [0.29, 0.717) is 12.2 Å². The van der Waals surface area contributed by atoms with Gasteiger partial charge >= 0.3 is 5.76 Å². The van der Waals surface area contributed by atoms with Gasteiger partial charge in [-0.05, 0) is 5.56 Å². The molecule has 0 aliphatic heterocycles. The summed E-state index contributed by atoms with van der Waals surface area (Å²) in [4.78, 5) is 18.7. The Hall–Kier alpha value is -1.98. The smallest absolute Gasteiger partial charge is 0.296 e. The molecule has 0 amide bonds. The van der Waals surface area contributed by atoms with Crippen LogP contribution in [-0.2, 0) is 13.5 Å². The van der Waals surface area contributed by atoms with Gasteiger partial charge in [-0.2, -0.15) is 0 Å². The Morgan fingerprint density at radius 2 is 2.14 bits per heavy atom. The van der Waals surface area contributed by atoms with Crippen molar-refractivity contribution in [2.45, 2.75) is 6.42 Å². The van der Waals surface area contributed by atoms with Crippen LogP contribution in [0, 0.1) is 0 Å². The van der Waals surface area contributed by atoms with E-state index in [0.717, 1.165) is 5.56 Å². The Balaban J connectivity index is 2.28. The highest BCUT2D eigenvalue weighted by Crippen LogP contribution is 2.01. The summed E-state index contributed by atoms with van der Waals surface area (Å²) in [6, 6.07) is 0. The summed E-state index contributed by atoms with van der Waals surface area (Å²) in [5, 5.41) is 3.63. The number of rotatable bonds is 2. The third-order valence-electron chi connectivity index (χ3n) is 1.87. The van der Waals surface area contributed by atoms with Crippen molar-refractivity contribution in [2.24, 2.45) is 7.05 Å². The Morgan fingerprint density at radius 1 is 1.43 bits per heavy atom. The van der Waals surface area contributed by atoms with E-state index in [1.54, 1.807) is 19.4 Å². The van der Waals surface area contributed by atoms with E-state index < -0.39 is 5.76 Å². The minimum absolute atomic E-state index is 0.461. The summed E-state index contributed by atoms with van der Waals surface area (Å²) in [6.07, 6.45) is 5.28. The first-order valence-corrected chi connectivity index (χ1v) is 4.03. The molecule has 2 aromatic rings. The molecular weight excluding hydrogens is 184 g/mol. The van der Waals surface area contributed by atoms with Crippen LogP contribution >= 0.6 is 0 Å². The predicted molar refractivity (Wildman–Crippen MR) is 46.6 cm³/mol. The van der Waals surface area contributed by atoms with Crippen molar-refractivity contribution in [2.75, 3.05) is 0 Å². The van der Waals surface area contributed by atoms with Gasteiger partial charge in [0.15, 0.2) is 5.82 Å². The van der Waals surface area contributed by atoms with Crippen LogP contribution < -0.4 is 5.76 Å². The largest absolute Gasteiger partial charge is 0.441 e. The zero-order chi connectivity index (χ0) is 9.97. The lowest BCUT2D eigenvalue weighted by Gasteiger charge is -1.96. The zero-order valence-corrected chi connectivity index (χ0v) is 7.54. The maximum atomic E-state index is 10.9.